The zero-order chi connectivity index (χ0) is 6.78. The molecule has 0 aromatic heterocycles. The van der Waals surface area contributed by atoms with Crippen molar-refractivity contribution in [2.45, 2.75) is 19.5 Å². The van der Waals surface area contributed by atoms with E-state index >= 15 is 0 Å². The van der Waals surface area contributed by atoms with Gasteiger partial charge in [0.2, 0.25) is 7.37 Å². The summed E-state index contributed by atoms with van der Waals surface area (Å²) in [5, 5.41) is 0. The van der Waals surface area contributed by atoms with Gasteiger partial charge >= 0.3 is 0 Å². The van der Waals surface area contributed by atoms with E-state index in [1.165, 1.54) is 7.11 Å². The van der Waals surface area contributed by atoms with Crippen LogP contribution in [0, 0.1) is 0 Å². The highest BCUT2D eigenvalue weighted by atomic mass is 31.2. The Hall–Kier alpha value is 0.722. The van der Waals surface area contributed by atoms with Gasteiger partial charge in [-0.05, 0) is 0 Å². The molecule has 0 rings (SSSR count). The third-order valence-corrected chi connectivity index (χ3v) is 3.90. The molecule has 0 saturated carbocycles. The lowest BCUT2D eigenvalue weighted by molar-refractivity contribution is 0.392. The molecule has 0 bridgehead atoms. The zero-order valence-electron chi connectivity index (χ0n) is 5.84. The Kier molecular flexibility index (Phi) is 6.24. The first-order valence-electron chi connectivity index (χ1n) is 2.63. The van der Waals surface area contributed by atoms with E-state index in [-0.39, 0.29) is 23.0 Å². The molecule has 1 atom stereocenters. The van der Waals surface area contributed by atoms with Gasteiger partial charge in [-0.15, -0.1) is 0 Å². The number of rotatable bonds is 2. The predicted octanol–water partition coefficient (Wildman–Crippen LogP) is 0.765. The molecule has 0 aliphatic heterocycles. The fraction of sp³-hybridized carbons (Fsp3) is 1.00. The number of hydrogen-bond acceptors (Lipinski definition) is 2. The first-order chi connectivity index (χ1) is 3.50. The summed E-state index contributed by atoms with van der Waals surface area (Å²) >= 11 is 0. The van der Waals surface area contributed by atoms with Gasteiger partial charge in [-0.3, -0.25) is 4.57 Å². The van der Waals surface area contributed by atoms with Crippen LogP contribution in [0.25, 0.3) is 0 Å². The molecule has 0 aromatic rings. The van der Waals surface area contributed by atoms with Gasteiger partial charge < -0.3 is 4.52 Å². The van der Waals surface area contributed by atoms with Crippen LogP contribution in [0.4, 0.5) is 0 Å². The van der Waals surface area contributed by atoms with Gasteiger partial charge in [-0.1, -0.05) is 13.8 Å². The zero-order valence-corrected chi connectivity index (χ0v) is 6.74. The smallest absolute Gasteiger partial charge is 0.202 e. The monoisotopic (exact) mass is 166 g/mol. The van der Waals surface area contributed by atoms with Crippen molar-refractivity contribution < 1.29 is 9.09 Å². The van der Waals surface area contributed by atoms with Crippen molar-refractivity contribution in [1.82, 2.24) is 0 Å². The van der Waals surface area contributed by atoms with E-state index in [0.29, 0.717) is 0 Å². The van der Waals surface area contributed by atoms with Crippen molar-refractivity contribution >= 4 is 24.7 Å². The van der Waals surface area contributed by atoms with Gasteiger partial charge in [0, 0.05) is 19.4 Å². The Bertz CT molecular complexity index is 114. The van der Waals surface area contributed by atoms with Crippen LogP contribution in [0.5, 0.6) is 0 Å². The molecule has 9 heavy (non-hydrogen) atoms. The topological polar surface area (TPSA) is 26.3 Å². The van der Waals surface area contributed by atoms with Crippen molar-refractivity contribution in [3.63, 3.8) is 0 Å². The van der Waals surface area contributed by atoms with Crippen LogP contribution in [0.1, 0.15) is 13.8 Å². The third kappa shape index (κ3) is 4.17. The molecule has 0 radical (unpaired) electrons. The molecular formula is C5H16AlO2P. The molecule has 4 heteroatoms. The van der Waals surface area contributed by atoms with E-state index in [1.54, 1.807) is 6.66 Å². The summed E-state index contributed by atoms with van der Waals surface area (Å²) in [4.78, 5) is 0. The molecule has 0 aromatic carbocycles. The second-order valence-corrected chi connectivity index (χ2v) is 5.40. The van der Waals surface area contributed by atoms with Crippen molar-refractivity contribution in [1.29, 1.82) is 0 Å². The van der Waals surface area contributed by atoms with Crippen LogP contribution < -0.4 is 0 Å². The fourth-order valence-corrected chi connectivity index (χ4v) is 0.632. The SMILES string of the molecule is COP(C)(=O)C(C)C.[AlH3]. The molecular weight excluding hydrogens is 150 g/mol. The average Bonchev–Trinajstić information content (AvgIpc) is 1.67. The molecule has 2 nitrogen and oxygen atoms in total. The minimum Gasteiger partial charge on any atom is -0.332 e. The third-order valence-electron chi connectivity index (χ3n) is 1.30. The Morgan fingerprint density at radius 2 is 1.78 bits per heavy atom. The van der Waals surface area contributed by atoms with Crippen LogP contribution in [0.2, 0.25) is 0 Å². The summed E-state index contributed by atoms with van der Waals surface area (Å²) < 4.78 is 15.8. The predicted molar refractivity (Wildman–Crippen MR) is 45.6 cm³/mol. The summed E-state index contributed by atoms with van der Waals surface area (Å²) in [5.74, 6) is 0. The Labute approximate surface area is 67.6 Å². The molecule has 0 amide bonds. The summed E-state index contributed by atoms with van der Waals surface area (Å²) in [6.07, 6.45) is 0. The summed E-state index contributed by atoms with van der Waals surface area (Å²) in [6, 6.07) is 0. The van der Waals surface area contributed by atoms with Crippen LogP contribution in [-0.4, -0.2) is 36.8 Å². The van der Waals surface area contributed by atoms with Crippen molar-refractivity contribution in [3.8, 4) is 0 Å². The van der Waals surface area contributed by atoms with Crippen molar-refractivity contribution in [3.05, 3.63) is 0 Å². The molecule has 0 fully saturated rings. The van der Waals surface area contributed by atoms with Gasteiger partial charge in [0.15, 0.2) is 17.4 Å². The van der Waals surface area contributed by atoms with E-state index in [4.69, 9.17) is 4.52 Å². The molecule has 56 valence electrons. The highest BCUT2D eigenvalue weighted by molar-refractivity contribution is 7.58. The normalized spacial score (nSPS) is 16.6. The minimum atomic E-state index is -2.25. The van der Waals surface area contributed by atoms with Gasteiger partial charge in [0.05, 0.1) is 0 Å². The summed E-state index contributed by atoms with van der Waals surface area (Å²) in [5.41, 5.74) is 0.146. The number of hydrogen-bond donors (Lipinski definition) is 0. The Morgan fingerprint density at radius 1 is 1.44 bits per heavy atom. The average molecular weight is 166 g/mol. The first kappa shape index (κ1) is 12.4. The van der Waals surface area contributed by atoms with Crippen LogP contribution in [0.15, 0.2) is 0 Å². The second kappa shape index (κ2) is 4.52. The van der Waals surface area contributed by atoms with E-state index in [9.17, 15) is 4.57 Å². The molecule has 0 aliphatic carbocycles. The van der Waals surface area contributed by atoms with Crippen LogP contribution in [0.3, 0.4) is 0 Å². The van der Waals surface area contributed by atoms with Crippen LogP contribution >= 0.6 is 7.37 Å². The second-order valence-electron chi connectivity index (χ2n) is 2.19. The Morgan fingerprint density at radius 3 is 1.78 bits per heavy atom. The molecule has 0 aliphatic rings. The Balaban J connectivity index is 0. The van der Waals surface area contributed by atoms with E-state index in [0.717, 1.165) is 0 Å². The largest absolute Gasteiger partial charge is 0.332 e. The van der Waals surface area contributed by atoms with Crippen molar-refractivity contribution in [2.24, 2.45) is 0 Å². The maximum absolute atomic E-state index is 11.1. The summed E-state index contributed by atoms with van der Waals surface area (Å²) in [7, 11) is -0.758. The summed E-state index contributed by atoms with van der Waals surface area (Å²) in [6.45, 7) is 5.44. The highest BCUT2D eigenvalue weighted by Gasteiger charge is 2.17. The molecule has 0 saturated heterocycles. The lowest BCUT2D eigenvalue weighted by Gasteiger charge is -2.13. The molecule has 0 N–H and O–H groups in total. The maximum atomic E-state index is 11.1. The lowest BCUT2D eigenvalue weighted by atomic mass is 10.6. The van der Waals surface area contributed by atoms with E-state index < -0.39 is 7.37 Å². The molecule has 0 heterocycles. The molecule has 1 unspecified atom stereocenters. The van der Waals surface area contributed by atoms with Gasteiger partial charge in [-0.2, -0.15) is 0 Å². The van der Waals surface area contributed by atoms with Gasteiger partial charge in [-0.25, -0.2) is 0 Å². The van der Waals surface area contributed by atoms with E-state index in [2.05, 4.69) is 0 Å². The minimum absolute atomic E-state index is 0. The van der Waals surface area contributed by atoms with Crippen LogP contribution in [-0.2, 0) is 9.09 Å². The molecule has 0 spiro atoms. The fourth-order valence-electron chi connectivity index (χ4n) is 0.211. The first-order valence-corrected chi connectivity index (χ1v) is 4.77. The van der Waals surface area contributed by atoms with Gasteiger partial charge in [0.1, 0.15) is 0 Å². The van der Waals surface area contributed by atoms with Crippen molar-refractivity contribution in [2.75, 3.05) is 13.8 Å². The standard InChI is InChI=1S/C5H13O2P.Al.3H/c1-5(2)8(4,6)7-3;;;;/h5H,1-4H3;;;;. The van der Waals surface area contributed by atoms with E-state index in [1.807, 2.05) is 13.8 Å². The highest BCUT2D eigenvalue weighted by Crippen LogP contribution is 2.46. The quantitative estimate of drug-likeness (QED) is 0.447. The van der Waals surface area contributed by atoms with Gasteiger partial charge in [0.25, 0.3) is 0 Å². The maximum Gasteiger partial charge on any atom is 0.202 e. The lowest BCUT2D eigenvalue weighted by Crippen LogP contribution is -1.96.